The molecule has 3 heteroatoms. The Morgan fingerprint density at radius 3 is 2.35 bits per heavy atom. The van der Waals surface area contributed by atoms with Crippen LogP contribution in [0.2, 0.25) is 5.02 Å². The van der Waals surface area contributed by atoms with Gasteiger partial charge in [-0.2, -0.15) is 0 Å². The number of para-hydroxylation sites is 1. The zero-order valence-corrected chi connectivity index (χ0v) is 9.93. The lowest BCUT2D eigenvalue weighted by atomic mass is 10.0. The molecule has 1 atom stereocenters. The van der Waals surface area contributed by atoms with E-state index in [-0.39, 0.29) is 5.75 Å². The predicted molar refractivity (Wildman–Crippen MR) is 68.2 cm³/mol. The monoisotopic (exact) mass is 248 g/mol. The second-order valence-electron chi connectivity index (χ2n) is 3.87. The molecule has 0 aliphatic heterocycles. The van der Waals surface area contributed by atoms with Gasteiger partial charge in [-0.05, 0) is 17.7 Å². The summed E-state index contributed by atoms with van der Waals surface area (Å²) in [6, 6.07) is 14.1. The van der Waals surface area contributed by atoms with E-state index in [4.69, 9.17) is 11.6 Å². The Morgan fingerprint density at radius 1 is 1.00 bits per heavy atom. The van der Waals surface area contributed by atoms with E-state index in [2.05, 4.69) is 0 Å². The molecule has 0 aromatic heterocycles. The molecule has 0 aliphatic rings. The number of hydrogen-bond acceptors (Lipinski definition) is 2. The van der Waals surface area contributed by atoms with Gasteiger partial charge in [0.05, 0.1) is 6.10 Å². The number of benzene rings is 2. The van der Waals surface area contributed by atoms with Crippen LogP contribution in [0.4, 0.5) is 0 Å². The first kappa shape index (κ1) is 12.0. The zero-order valence-electron chi connectivity index (χ0n) is 9.18. The standard InChI is InChI=1S/C14H13ClO2/c15-12-7-3-1-5-10(12)9-14(17)11-6-2-4-8-13(11)16/h1-8,14,16-17H,9H2/t14-/m1/s1. The SMILES string of the molecule is Oc1ccccc1[C@H](O)Cc1ccccc1Cl. The summed E-state index contributed by atoms with van der Waals surface area (Å²) in [5, 5.41) is 20.3. The molecule has 0 fully saturated rings. The molecule has 2 N–H and O–H groups in total. The van der Waals surface area contributed by atoms with Gasteiger partial charge in [-0.1, -0.05) is 48.0 Å². The number of aromatic hydroxyl groups is 1. The molecule has 0 bridgehead atoms. The fraction of sp³-hybridized carbons (Fsp3) is 0.143. The summed E-state index contributed by atoms with van der Waals surface area (Å²) >= 11 is 6.02. The molecule has 0 amide bonds. The molecule has 17 heavy (non-hydrogen) atoms. The van der Waals surface area contributed by atoms with E-state index in [1.165, 1.54) is 0 Å². The summed E-state index contributed by atoms with van der Waals surface area (Å²) in [7, 11) is 0. The van der Waals surface area contributed by atoms with E-state index in [9.17, 15) is 10.2 Å². The highest BCUT2D eigenvalue weighted by atomic mass is 35.5. The molecule has 0 spiro atoms. The van der Waals surface area contributed by atoms with Crippen LogP contribution in [-0.4, -0.2) is 10.2 Å². The Labute approximate surface area is 105 Å². The van der Waals surface area contributed by atoms with Crippen LogP contribution in [0.25, 0.3) is 0 Å². The summed E-state index contributed by atoms with van der Waals surface area (Å²) in [6.45, 7) is 0. The van der Waals surface area contributed by atoms with Gasteiger partial charge in [-0.25, -0.2) is 0 Å². The Kier molecular flexibility index (Phi) is 3.67. The van der Waals surface area contributed by atoms with E-state index in [0.29, 0.717) is 17.0 Å². The minimum absolute atomic E-state index is 0.104. The van der Waals surface area contributed by atoms with Crippen molar-refractivity contribution in [3.05, 3.63) is 64.7 Å². The number of phenols is 1. The Balaban J connectivity index is 2.20. The van der Waals surface area contributed by atoms with E-state index in [1.54, 1.807) is 30.3 Å². The number of phenolic OH excluding ortho intramolecular Hbond substituents is 1. The first-order valence-corrected chi connectivity index (χ1v) is 5.75. The van der Waals surface area contributed by atoms with Gasteiger partial charge in [0.2, 0.25) is 0 Å². The van der Waals surface area contributed by atoms with Gasteiger partial charge >= 0.3 is 0 Å². The molecule has 0 heterocycles. The molecule has 0 unspecified atom stereocenters. The van der Waals surface area contributed by atoms with E-state index in [1.807, 2.05) is 18.2 Å². The third kappa shape index (κ3) is 2.78. The average Bonchev–Trinajstić information content (AvgIpc) is 2.32. The van der Waals surface area contributed by atoms with Crippen LogP contribution in [0.15, 0.2) is 48.5 Å². The van der Waals surface area contributed by atoms with Crippen LogP contribution < -0.4 is 0 Å². The van der Waals surface area contributed by atoms with E-state index >= 15 is 0 Å². The van der Waals surface area contributed by atoms with Crippen molar-refractivity contribution >= 4 is 11.6 Å². The summed E-state index contributed by atoms with van der Waals surface area (Å²) in [5.74, 6) is 0.104. The largest absolute Gasteiger partial charge is 0.508 e. The lowest BCUT2D eigenvalue weighted by molar-refractivity contribution is 0.174. The van der Waals surface area contributed by atoms with Gasteiger partial charge in [0.1, 0.15) is 5.75 Å². The summed E-state index contributed by atoms with van der Waals surface area (Å²) in [6.07, 6.45) is -0.367. The fourth-order valence-electron chi connectivity index (χ4n) is 1.75. The number of hydrogen-bond donors (Lipinski definition) is 2. The van der Waals surface area contributed by atoms with Crippen LogP contribution in [0, 0.1) is 0 Å². The molecule has 0 aliphatic carbocycles. The van der Waals surface area contributed by atoms with Gasteiger partial charge in [0.25, 0.3) is 0 Å². The van der Waals surface area contributed by atoms with Gasteiger partial charge in [0, 0.05) is 17.0 Å². The molecule has 0 radical (unpaired) electrons. The van der Waals surface area contributed by atoms with Crippen LogP contribution in [-0.2, 0) is 6.42 Å². The third-order valence-corrected chi connectivity index (χ3v) is 3.04. The van der Waals surface area contributed by atoms with Crippen molar-refractivity contribution in [3.63, 3.8) is 0 Å². The van der Waals surface area contributed by atoms with E-state index in [0.717, 1.165) is 5.56 Å². The molecule has 88 valence electrons. The molecular weight excluding hydrogens is 236 g/mol. The van der Waals surface area contributed by atoms with Crippen LogP contribution >= 0.6 is 11.6 Å². The lowest BCUT2D eigenvalue weighted by Gasteiger charge is -2.13. The van der Waals surface area contributed by atoms with Crippen molar-refractivity contribution in [2.24, 2.45) is 0 Å². The highest BCUT2D eigenvalue weighted by Gasteiger charge is 2.13. The molecular formula is C14H13ClO2. The van der Waals surface area contributed by atoms with Gasteiger partial charge in [-0.15, -0.1) is 0 Å². The molecule has 2 rings (SSSR count). The first-order valence-electron chi connectivity index (χ1n) is 5.38. The number of aliphatic hydroxyl groups excluding tert-OH is 1. The van der Waals surface area contributed by atoms with E-state index < -0.39 is 6.10 Å². The average molecular weight is 249 g/mol. The molecule has 2 aromatic rings. The second-order valence-corrected chi connectivity index (χ2v) is 4.28. The van der Waals surface area contributed by atoms with Crippen molar-refractivity contribution in [3.8, 4) is 5.75 Å². The molecule has 0 saturated heterocycles. The summed E-state index contributed by atoms with van der Waals surface area (Å²) in [5.41, 5.74) is 1.39. The maximum atomic E-state index is 10.1. The quantitative estimate of drug-likeness (QED) is 0.875. The Hall–Kier alpha value is -1.51. The van der Waals surface area contributed by atoms with Crippen molar-refractivity contribution in [1.29, 1.82) is 0 Å². The maximum absolute atomic E-state index is 10.1. The topological polar surface area (TPSA) is 40.5 Å². The predicted octanol–water partition coefficient (Wildman–Crippen LogP) is 3.32. The molecule has 2 aromatic carbocycles. The molecule has 0 saturated carbocycles. The van der Waals surface area contributed by atoms with Crippen molar-refractivity contribution in [1.82, 2.24) is 0 Å². The van der Waals surface area contributed by atoms with Crippen molar-refractivity contribution in [2.45, 2.75) is 12.5 Å². The van der Waals surface area contributed by atoms with Gasteiger partial charge in [-0.3, -0.25) is 0 Å². The molecule has 2 nitrogen and oxygen atoms in total. The smallest absolute Gasteiger partial charge is 0.121 e. The minimum Gasteiger partial charge on any atom is -0.508 e. The number of halogens is 1. The Bertz CT molecular complexity index is 511. The highest BCUT2D eigenvalue weighted by Crippen LogP contribution is 2.28. The van der Waals surface area contributed by atoms with Crippen LogP contribution in [0.1, 0.15) is 17.2 Å². The van der Waals surface area contributed by atoms with Crippen LogP contribution in [0.5, 0.6) is 5.75 Å². The van der Waals surface area contributed by atoms with Gasteiger partial charge < -0.3 is 10.2 Å². The number of aliphatic hydroxyl groups is 1. The number of rotatable bonds is 3. The Morgan fingerprint density at radius 2 is 1.65 bits per heavy atom. The fourth-order valence-corrected chi connectivity index (χ4v) is 1.96. The summed E-state index contributed by atoms with van der Waals surface area (Å²) < 4.78 is 0. The highest BCUT2D eigenvalue weighted by molar-refractivity contribution is 6.31. The van der Waals surface area contributed by atoms with Crippen LogP contribution in [0.3, 0.4) is 0 Å². The maximum Gasteiger partial charge on any atom is 0.121 e. The zero-order chi connectivity index (χ0) is 12.3. The third-order valence-electron chi connectivity index (χ3n) is 2.67. The summed E-state index contributed by atoms with van der Waals surface area (Å²) in [4.78, 5) is 0. The van der Waals surface area contributed by atoms with Gasteiger partial charge in [0.15, 0.2) is 0 Å². The lowest BCUT2D eigenvalue weighted by Crippen LogP contribution is -2.02. The second kappa shape index (κ2) is 5.21. The van der Waals surface area contributed by atoms with Crippen molar-refractivity contribution < 1.29 is 10.2 Å². The van der Waals surface area contributed by atoms with Crippen molar-refractivity contribution in [2.75, 3.05) is 0 Å². The normalized spacial score (nSPS) is 12.4. The first-order chi connectivity index (χ1) is 8.18. The minimum atomic E-state index is -0.754.